The van der Waals surface area contributed by atoms with Gasteiger partial charge in [-0.25, -0.2) is 15.0 Å². The van der Waals surface area contributed by atoms with E-state index in [1.807, 2.05) is 10.8 Å². The molecule has 1 amide bonds. The highest BCUT2D eigenvalue weighted by Crippen LogP contribution is 2.39. The standard InChI is InChI=1S/C25H26F3N9O2S/c1-15(25(26,27)28)10-37-14-31-34-22(37)24-33-21(12-40-24)32-23(38)17-8-19(36-11-18(30-13-36)16-2-3-16)20(9-29-17)35-4-6-39-7-5-35/h8-9,11-16H,2-7,10H2,1H3,(H,32,38). The Morgan fingerprint density at radius 3 is 2.75 bits per heavy atom. The maximum absolute atomic E-state index is 13.2. The summed E-state index contributed by atoms with van der Waals surface area (Å²) in [7, 11) is 0. The number of thiazole rings is 1. The lowest BCUT2D eigenvalue weighted by molar-refractivity contribution is -0.172. The Balaban J connectivity index is 1.23. The Morgan fingerprint density at radius 2 is 2.00 bits per heavy atom. The quantitative estimate of drug-likeness (QED) is 0.334. The van der Waals surface area contributed by atoms with E-state index < -0.39 is 18.0 Å². The molecule has 5 heterocycles. The van der Waals surface area contributed by atoms with Gasteiger partial charge in [0.25, 0.3) is 5.91 Å². The molecule has 4 aromatic heterocycles. The summed E-state index contributed by atoms with van der Waals surface area (Å²) in [6.45, 7) is 3.38. The zero-order valence-corrected chi connectivity index (χ0v) is 22.3. The van der Waals surface area contributed by atoms with Crippen LogP contribution in [0.4, 0.5) is 24.7 Å². The van der Waals surface area contributed by atoms with Crippen molar-refractivity contribution in [1.29, 1.82) is 0 Å². The van der Waals surface area contributed by atoms with E-state index in [-0.39, 0.29) is 23.9 Å². The third kappa shape index (κ3) is 5.56. The van der Waals surface area contributed by atoms with Crippen LogP contribution in [0.2, 0.25) is 0 Å². The molecule has 0 bridgehead atoms. The number of anilines is 2. The topological polar surface area (TPSA) is 116 Å². The lowest BCUT2D eigenvalue weighted by atomic mass is 10.2. The molecule has 15 heteroatoms. The van der Waals surface area contributed by atoms with Crippen LogP contribution >= 0.6 is 11.3 Å². The van der Waals surface area contributed by atoms with Gasteiger partial charge in [-0.15, -0.1) is 21.5 Å². The molecule has 1 atom stereocenters. The van der Waals surface area contributed by atoms with Crippen LogP contribution in [-0.2, 0) is 11.3 Å². The van der Waals surface area contributed by atoms with Gasteiger partial charge >= 0.3 is 6.18 Å². The fourth-order valence-electron chi connectivity index (χ4n) is 4.44. The number of rotatable bonds is 8. The third-order valence-corrected chi connectivity index (χ3v) is 7.74. The number of ether oxygens (including phenoxy) is 1. The van der Waals surface area contributed by atoms with Gasteiger partial charge < -0.3 is 24.1 Å². The van der Waals surface area contributed by atoms with Crippen molar-refractivity contribution < 1.29 is 22.7 Å². The molecule has 1 unspecified atom stereocenters. The summed E-state index contributed by atoms with van der Waals surface area (Å²) in [5.74, 6) is -1.13. The molecule has 1 aliphatic carbocycles. The summed E-state index contributed by atoms with van der Waals surface area (Å²) >= 11 is 1.14. The van der Waals surface area contributed by atoms with Crippen LogP contribution in [0, 0.1) is 5.92 Å². The van der Waals surface area contributed by atoms with Gasteiger partial charge in [0, 0.05) is 37.1 Å². The maximum atomic E-state index is 13.2. The Morgan fingerprint density at radius 1 is 1.20 bits per heavy atom. The van der Waals surface area contributed by atoms with Crippen LogP contribution in [0.3, 0.4) is 0 Å². The van der Waals surface area contributed by atoms with E-state index in [2.05, 4.69) is 35.4 Å². The van der Waals surface area contributed by atoms with Crippen LogP contribution in [0.15, 0.2) is 36.5 Å². The van der Waals surface area contributed by atoms with Gasteiger partial charge in [-0.2, -0.15) is 13.2 Å². The van der Waals surface area contributed by atoms with Crippen molar-refractivity contribution in [3.05, 3.63) is 47.9 Å². The van der Waals surface area contributed by atoms with E-state index in [1.165, 1.54) is 10.9 Å². The average molecular weight is 574 g/mol. The van der Waals surface area contributed by atoms with Crippen molar-refractivity contribution in [2.75, 3.05) is 36.5 Å². The van der Waals surface area contributed by atoms with Gasteiger partial charge in [-0.1, -0.05) is 6.92 Å². The number of alkyl halides is 3. The predicted octanol–water partition coefficient (Wildman–Crippen LogP) is 4.15. The fourth-order valence-corrected chi connectivity index (χ4v) is 5.19. The van der Waals surface area contributed by atoms with Crippen molar-refractivity contribution >= 4 is 28.7 Å². The third-order valence-electron chi connectivity index (χ3n) is 6.90. The summed E-state index contributed by atoms with van der Waals surface area (Å²) in [6.07, 6.45) is 4.60. The zero-order valence-electron chi connectivity index (χ0n) is 21.5. The minimum atomic E-state index is -4.34. The van der Waals surface area contributed by atoms with Crippen molar-refractivity contribution in [1.82, 2.24) is 34.3 Å². The molecule has 0 aromatic carbocycles. The molecular weight excluding hydrogens is 547 g/mol. The van der Waals surface area contributed by atoms with Gasteiger partial charge in [0.1, 0.15) is 17.8 Å². The van der Waals surface area contributed by atoms with Crippen molar-refractivity contribution in [3.8, 4) is 16.5 Å². The first kappa shape index (κ1) is 26.4. The largest absolute Gasteiger partial charge is 0.393 e. The number of halogens is 3. The van der Waals surface area contributed by atoms with Crippen LogP contribution in [-0.4, -0.2) is 72.7 Å². The Hall–Kier alpha value is -3.85. The second kappa shape index (κ2) is 10.6. The zero-order chi connectivity index (χ0) is 27.9. The normalized spacial score (nSPS) is 16.8. The summed E-state index contributed by atoms with van der Waals surface area (Å²) in [5, 5.41) is 12.4. The van der Waals surface area contributed by atoms with E-state index in [0.29, 0.717) is 37.2 Å². The number of nitrogens with one attached hydrogen (secondary N) is 1. The SMILES string of the molecule is CC(Cn1cnnc1-c1nc(NC(=O)c2cc(-n3cnc(C4CC4)c3)c(N3CCOCC3)cn2)cs1)C(F)(F)F. The molecule has 1 saturated heterocycles. The number of morpholine rings is 1. The minimum Gasteiger partial charge on any atom is -0.378 e. The van der Waals surface area contributed by atoms with Gasteiger partial charge in [0.15, 0.2) is 10.8 Å². The highest BCUT2D eigenvalue weighted by molar-refractivity contribution is 7.13. The number of carbonyl (C=O) groups is 1. The van der Waals surface area contributed by atoms with Crippen molar-refractivity contribution in [3.63, 3.8) is 0 Å². The van der Waals surface area contributed by atoms with Gasteiger partial charge in [0.2, 0.25) is 0 Å². The molecule has 1 N–H and O–H groups in total. The molecule has 6 rings (SSSR count). The van der Waals surface area contributed by atoms with Crippen LogP contribution in [0.5, 0.6) is 0 Å². The first-order valence-electron chi connectivity index (χ1n) is 12.8. The van der Waals surface area contributed by atoms with E-state index in [9.17, 15) is 18.0 Å². The van der Waals surface area contributed by atoms with Crippen molar-refractivity contribution in [2.24, 2.45) is 5.92 Å². The number of amides is 1. The number of nitrogens with zero attached hydrogens (tertiary/aromatic N) is 8. The Kier molecular flexibility index (Phi) is 7.00. The number of aromatic nitrogens is 7. The molecular formula is C25H26F3N9O2S. The average Bonchev–Trinajstić information content (AvgIpc) is 3.29. The Bertz CT molecular complexity index is 1500. The van der Waals surface area contributed by atoms with Crippen molar-refractivity contribution in [2.45, 2.75) is 38.4 Å². The number of imidazole rings is 1. The van der Waals surface area contributed by atoms with Gasteiger partial charge in [-0.05, 0) is 18.9 Å². The monoisotopic (exact) mass is 573 g/mol. The van der Waals surface area contributed by atoms with Gasteiger partial charge in [0.05, 0.1) is 48.7 Å². The van der Waals surface area contributed by atoms with Crippen LogP contribution in [0.1, 0.15) is 41.9 Å². The van der Waals surface area contributed by atoms with E-state index >= 15 is 0 Å². The summed E-state index contributed by atoms with van der Waals surface area (Å²) in [6, 6.07) is 1.72. The highest BCUT2D eigenvalue weighted by Gasteiger charge is 2.36. The summed E-state index contributed by atoms with van der Waals surface area (Å²) in [5.41, 5.74) is 2.88. The van der Waals surface area contributed by atoms with E-state index in [4.69, 9.17) is 4.74 Å². The molecule has 1 aliphatic heterocycles. The predicted molar refractivity (Wildman–Crippen MR) is 141 cm³/mol. The Labute approximate surface area is 231 Å². The highest BCUT2D eigenvalue weighted by atomic mass is 32.1. The number of hydrogen-bond donors (Lipinski definition) is 1. The molecule has 40 heavy (non-hydrogen) atoms. The summed E-state index contributed by atoms with van der Waals surface area (Å²) in [4.78, 5) is 28.7. The smallest absolute Gasteiger partial charge is 0.378 e. The minimum absolute atomic E-state index is 0.186. The lowest BCUT2D eigenvalue weighted by Crippen LogP contribution is -2.37. The van der Waals surface area contributed by atoms with Crippen LogP contribution < -0.4 is 10.2 Å². The number of carbonyl (C=O) groups excluding carboxylic acids is 1. The molecule has 0 radical (unpaired) electrons. The lowest BCUT2D eigenvalue weighted by Gasteiger charge is -2.30. The molecule has 11 nitrogen and oxygen atoms in total. The number of pyridine rings is 1. The maximum Gasteiger partial charge on any atom is 0.393 e. The second-order valence-electron chi connectivity index (χ2n) is 9.88. The molecule has 1 saturated carbocycles. The fraction of sp³-hybridized carbons (Fsp3) is 0.440. The molecule has 0 spiro atoms. The first-order chi connectivity index (χ1) is 19.3. The summed E-state index contributed by atoms with van der Waals surface area (Å²) < 4.78 is 47.9. The number of hydrogen-bond acceptors (Lipinski definition) is 9. The van der Waals surface area contributed by atoms with Crippen LogP contribution in [0.25, 0.3) is 16.5 Å². The van der Waals surface area contributed by atoms with E-state index in [1.54, 1.807) is 24.0 Å². The van der Waals surface area contributed by atoms with E-state index in [0.717, 1.165) is 48.2 Å². The molecule has 4 aromatic rings. The molecule has 2 fully saturated rings. The first-order valence-corrected chi connectivity index (χ1v) is 13.7. The van der Waals surface area contributed by atoms with Gasteiger partial charge in [-0.3, -0.25) is 4.79 Å². The molecule has 2 aliphatic rings. The second-order valence-corrected chi connectivity index (χ2v) is 10.7. The molecule has 210 valence electrons.